The van der Waals surface area contributed by atoms with Gasteiger partial charge in [0.15, 0.2) is 17.5 Å². The average molecular weight is 548 g/mol. The van der Waals surface area contributed by atoms with Crippen LogP contribution in [0.4, 0.5) is 14.7 Å². The fraction of sp³-hybridized carbons (Fsp3) is 0.450. The predicted octanol–water partition coefficient (Wildman–Crippen LogP) is 2.99. The molecule has 1 aliphatic rings. The molecular formula is C20H27F2IN6O2. The molecule has 1 fully saturated rings. The average Bonchev–Trinajstić information content (AvgIpc) is 2.77. The molecule has 0 saturated carbocycles. The molecule has 0 atom stereocenters. The molecular weight excluding hydrogens is 521 g/mol. The van der Waals surface area contributed by atoms with E-state index < -0.39 is 6.61 Å². The molecule has 0 amide bonds. The van der Waals surface area contributed by atoms with Crippen LogP contribution in [0.25, 0.3) is 0 Å². The fourth-order valence-electron chi connectivity index (χ4n) is 3.17. The molecule has 1 saturated heterocycles. The molecule has 2 aromatic rings. The van der Waals surface area contributed by atoms with E-state index in [9.17, 15) is 8.78 Å². The number of piperazine rings is 1. The van der Waals surface area contributed by atoms with Crippen LogP contribution >= 0.6 is 24.0 Å². The van der Waals surface area contributed by atoms with Crippen molar-refractivity contribution in [2.24, 2.45) is 4.99 Å². The van der Waals surface area contributed by atoms with E-state index in [1.807, 2.05) is 6.92 Å². The third-order valence-electron chi connectivity index (χ3n) is 4.60. The normalized spacial score (nSPS) is 14.3. The highest BCUT2D eigenvalue weighted by Crippen LogP contribution is 2.29. The Morgan fingerprint density at radius 2 is 1.87 bits per heavy atom. The fourth-order valence-corrected chi connectivity index (χ4v) is 3.17. The number of guanidine groups is 1. The lowest BCUT2D eigenvalue weighted by molar-refractivity contribution is -0.0512. The molecule has 11 heteroatoms. The zero-order chi connectivity index (χ0) is 21.3. The summed E-state index contributed by atoms with van der Waals surface area (Å²) < 4.78 is 34.9. The van der Waals surface area contributed by atoms with Crippen LogP contribution in [0.15, 0.2) is 41.7 Å². The van der Waals surface area contributed by atoms with E-state index in [2.05, 4.69) is 34.8 Å². The summed E-state index contributed by atoms with van der Waals surface area (Å²) in [7, 11) is 1.41. The topological polar surface area (TPSA) is 75.1 Å². The number of hydrogen-bond donors (Lipinski definition) is 1. The first kappa shape index (κ1) is 24.8. The summed E-state index contributed by atoms with van der Waals surface area (Å²) in [6.07, 6.45) is 3.47. The van der Waals surface area contributed by atoms with Crippen LogP contribution in [0.1, 0.15) is 12.5 Å². The summed E-state index contributed by atoms with van der Waals surface area (Å²) >= 11 is 0. The summed E-state index contributed by atoms with van der Waals surface area (Å²) in [5, 5.41) is 3.30. The molecule has 3 rings (SSSR count). The molecule has 0 spiro atoms. The van der Waals surface area contributed by atoms with Gasteiger partial charge < -0.3 is 24.6 Å². The van der Waals surface area contributed by atoms with E-state index >= 15 is 0 Å². The molecule has 0 radical (unpaired) electrons. The Bertz CT molecular complexity index is 836. The number of rotatable bonds is 7. The van der Waals surface area contributed by atoms with Gasteiger partial charge in [0.1, 0.15) is 0 Å². The predicted molar refractivity (Wildman–Crippen MR) is 126 cm³/mol. The van der Waals surface area contributed by atoms with Gasteiger partial charge in [0.05, 0.1) is 13.7 Å². The van der Waals surface area contributed by atoms with Crippen LogP contribution in [-0.2, 0) is 6.54 Å². The van der Waals surface area contributed by atoms with Crippen LogP contribution in [0, 0.1) is 0 Å². The van der Waals surface area contributed by atoms with E-state index in [1.54, 1.807) is 30.6 Å². The summed E-state index contributed by atoms with van der Waals surface area (Å²) in [6, 6.07) is 6.72. The van der Waals surface area contributed by atoms with Crippen molar-refractivity contribution in [3.8, 4) is 11.5 Å². The highest BCUT2D eigenvalue weighted by Gasteiger charge is 2.21. The zero-order valence-electron chi connectivity index (χ0n) is 17.5. The van der Waals surface area contributed by atoms with E-state index in [0.29, 0.717) is 6.54 Å². The standard InChI is InChI=1S/C20H26F2N6O2.HI/c1-3-23-19(27-9-11-28(12-10-27)20-24-7-4-8-25-20)26-14-15-5-6-16(29-2)17(13-15)30-18(21)22;/h4-8,13,18H,3,9-12,14H2,1-2H3,(H,23,26);1H. The highest BCUT2D eigenvalue weighted by atomic mass is 127. The second-order valence-corrected chi connectivity index (χ2v) is 6.56. The Morgan fingerprint density at radius 3 is 2.48 bits per heavy atom. The molecule has 0 unspecified atom stereocenters. The Hall–Kier alpha value is -2.44. The van der Waals surface area contributed by atoms with Gasteiger partial charge in [0, 0.05) is 45.1 Å². The molecule has 31 heavy (non-hydrogen) atoms. The van der Waals surface area contributed by atoms with Crippen LogP contribution in [-0.4, -0.2) is 67.3 Å². The molecule has 2 heterocycles. The van der Waals surface area contributed by atoms with Crippen molar-refractivity contribution in [2.45, 2.75) is 20.1 Å². The van der Waals surface area contributed by atoms with Gasteiger partial charge in [-0.15, -0.1) is 24.0 Å². The monoisotopic (exact) mass is 548 g/mol. The number of nitrogens with zero attached hydrogens (tertiary/aromatic N) is 5. The third-order valence-corrected chi connectivity index (χ3v) is 4.60. The molecule has 1 aromatic carbocycles. The maximum Gasteiger partial charge on any atom is 0.387 e. The molecule has 8 nitrogen and oxygen atoms in total. The lowest BCUT2D eigenvalue weighted by Crippen LogP contribution is -2.52. The van der Waals surface area contributed by atoms with Crippen molar-refractivity contribution in [1.82, 2.24) is 20.2 Å². The van der Waals surface area contributed by atoms with Gasteiger partial charge >= 0.3 is 6.61 Å². The quantitative estimate of drug-likeness (QED) is 0.324. The first-order valence-corrected chi connectivity index (χ1v) is 9.77. The summed E-state index contributed by atoms with van der Waals surface area (Å²) in [5.74, 6) is 1.76. The van der Waals surface area contributed by atoms with Gasteiger partial charge in [-0.25, -0.2) is 15.0 Å². The van der Waals surface area contributed by atoms with E-state index in [4.69, 9.17) is 4.74 Å². The van der Waals surface area contributed by atoms with Crippen LogP contribution < -0.4 is 19.7 Å². The Balaban J connectivity index is 0.00000341. The maximum absolute atomic E-state index is 12.6. The zero-order valence-corrected chi connectivity index (χ0v) is 19.8. The number of hydrogen-bond acceptors (Lipinski definition) is 6. The number of anilines is 1. The molecule has 1 aromatic heterocycles. The first-order chi connectivity index (χ1) is 14.6. The molecule has 170 valence electrons. The number of benzene rings is 1. The third kappa shape index (κ3) is 7.04. The van der Waals surface area contributed by atoms with Gasteiger partial charge in [-0.1, -0.05) is 6.07 Å². The second-order valence-electron chi connectivity index (χ2n) is 6.56. The highest BCUT2D eigenvalue weighted by molar-refractivity contribution is 14.0. The lowest BCUT2D eigenvalue weighted by Gasteiger charge is -2.36. The van der Waals surface area contributed by atoms with Crippen molar-refractivity contribution in [3.05, 3.63) is 42.2 Å². The minimum Gasteiger partial charge on any atom is -0.493 e. The Morgan fingerprint density at radius 1 is 1.16 bits per heavy atom. The molecule has 0 aliphatic carbocycles. The minimum atomic E-state index is -2.92. The van der Waals surface area contributed by atoms with Crippen LogP contribution in [0.3, 0.4) is 0 Å². The molecule has 1 N–H and O–H groups in total. The Labute approximate surface area is 197 Å². The molecule has 1 aliphatic heterocycles. The lowest BCUT2D eigenvalue weighted by atomic mass is 10.2. The molecule has 0 bridgehead atoms. The van der Waals surface area contributed by atoms with Crippen molar-refractivity contribution in [2.75, 3.05) is 44.7 Å². The van der Waals surface area contributed by atoms with E-state index in [0.717, 1.165) is 50.2 Å². The number of ether oxygens (including phenoxy) is 2. The van der Waals surface area contributed by atoms with E-state index in [1.165, 1.54) is 13.2 Å². The number of aliphatic imine (C=N–C) groups is 1. The summed E-state index contributed by atoms with van der Waals surface area (Å²) in [4.78, 5) is 17.6. The SMILES string of the molecule is CCNC(=NCc1ccc(OC)c(OC(F)F)c1)N1CCN(c2ncccn2)CC1.I. The van der Waals surface area contributed by atoms with Crippen molar-refractivity contribution < 1.29 is 18.3 Å². The van der Waals surface area contributed by atoms with Crippen LogP contribution in [0.5, 0.6) is 11.5 Å². The van der Waals surface area contributed by atoms with Crippen molar-refractivity contribution in [1.29, 1.82) is 0 Å². The van der Waals surface area contributed by atoms with E-state index in [-0.39, 0.29) is 35.5 Å². The first-order valence-electron chi connectivity index (χ1n) is 9.77. The van der Waals surface area contributed by atoms with Crippen molar-refractivity contribution >= 4 is 35.9 Å². The summed E-state index contributed by atoms with van der Waals surface area (Å²) in [5.41, 5.74) is 0.748. The van der Waals surface area contributed by atoms with Gasteiger partial charge in [-0.2, -0.15) is 8.78 Å². The number of nitrogens with one attached hydrogen (secondary N) is 1. The van der Waals surface area contributed by atoms with Gasteiger partial charge in [0.2, 0.25) is 5.95 Å². The number of methoxy groups -OCH3 is 1. The van der Waals surface area contributed by atoms with Gasteiger partial charge in [-0.3, -0.25) is 0 Å². The number of aromatic nitrogens is 2. The number of halogens is 3. The van der Waals surface area contributed by atoms with Gasteiger partial charge in [0.25, 0.3) is 0 Å². The van der Waals surface area contributed by atoms with Crippen LogP contribution in [0.2, 0.25) is 0 Å². The smallest absolute Gasteiger partial charge is 0.387 e. The Kier molecular flexibility index (Phi) is 9.95. The number of alkyl halides is 2. The van der Waals surface area contributed by atoms with Gasteiger partial charge in [-0.05, 0) is 30.7 Å². The second kappa shape index (κ2) is 12.4. The largest absolute Gasteiger partial charge is 0.493 e. The summed E-state index contributed by atoms with van der Waals surface area (Å²) in [6.45, 7) is 3.24. The minimum absolute atomic E-state index is 0. The van der Waals surface area contributed by atoms with Crippen molar-refractivity contribution in [3.63, 3.8) is 0 Å². The maximum atomic E-state index is 12.6.